The van der Waals surface area contributed by atoms with Crippen molar-refractivity contribution in [2.45, 2.75) is 13.5 Å². The second-order valence-electron chi connectivity index (χ2n) is 6.39. The van der Waals surface area contributed by atoms with Gasteiger partial charge in [0.1, 0.15) is 0 Å². The van der Waals surface area contributed by atoms with E-state index >= 15 is 0 Å². The van der Waals surface area contributed by atoms with Crippen molar-refractivity contribution < 1.29 is 14.5 Å². The Morgan fingerprint density at radius 3 is 2.52 bits per heavy atom. The molecule has 0 saturated heterocycles. The Kier molecular flexibility index (Phi) is 6.57. The quantitative estimate of drug-likeness (QED) is 0.558. The average molecular weight is 383 g/mol. The predicted molar refractivity (Wildman–Crippen MR) is 110 cm³/mol. The average Bonchev–Trinajstić information content (AvgIpc) is 3.20. The number of fused-ring (bicyclic) bond motifs is 1. The third-order valence-electron chi connectivity index (χ3n) is 4.42. The summed E-state index contributed by atoms with van der Waals surface area (Å²) in [6.07, 6.45) is 0. The molecule has 0 fully saturated rings. The monoisotopic (exact) mass is 382 g/mol. The van der Waals surface area contributed by atoms with Gasteiger partial charge in [0.05, 0.1) is 13.1 Å². The number of thiophene rings is 1. The van der Waals surface area contributed by atoms with Gasteiger partial charge in [-0.2, -0.15) is 0 Å². The van der Waals surface area contributed by atoms with Crippen LogP contribution in [0.5, 0.6) is 0 Å². The van der Waals surface area contributed by atoms with E-state index in [4.69, 9.17) is 0 Å². The van der Waals surface area contributed by atoms with Gasteiger partial charge in [0.15, 0.2) is 13.1 Å². The molecule has 1 atom stereocenters. The number of carbonyl (C=O) groups excluding carboxylic acids is 2. The van der Waals surface area contributed by atoms with Crippen LogP contribution in [-0.2, 0) is 16.1 Å². The van der Waals surface area contributed by atoms with Crippen LogP contribution in [-0.4, -0.2) is 31.4 Å². The minimum atomic E-state index is -0.0886. The molecule has 1 unspecified atom stereocenters. The highest BCUT2D eigenvalue weighted by Crippen LogP contribution is 2.22. The third-order valence-corrected chi connectivity index (χ3v) is 5.30. The van der Waals surface area contributed by atoms with Gasteiger partial charge in [-0.3, -0.25) is 9.59 Å². The molecule has 27 heavy (non-hydrogen) atoms. The molecule has 0 aliphatic carbocycles. The first kappa shape index (κ1) is 19.1. The highest BCUT2D eigenvalue weighted by atomic mass is 32.1. The molecule has 0 bridgehead atoms. The molecular formula is C21H24N3O2S+. The molecule has 6 heteroatoms. The van der Waals surface area contributed by atoms with Crippen molar-refractivity contribution in [3.63, 3.8) is 0 Å². The van der Waals surface area contributed by atoms with Crippen molar-refractivity contribution in [2.24, 2.45) is 0 Å². The van der Waals surface area contributed by atoms with Gasteiger partial charge in [0.25, 0.3) is 11.8 Å². The summed E-state index contributed by atoms with van der Waals surface area (Å²) in [6, 6.07) is 17.8. The zero-order valence-electron chi connectivity index (χ0n) is 15.3. The van der Waals surface area contributed by atoms with Gasteiger partial charge in [-0.15, -0.1) is 11.3 Å². The molecule has 140 valence electrons. The Hall–Kier alpha value is -2.70. The van der Waals surface area contributed by atoms with Crippen molar-refractivity contribution in [3.05, 3.63) is 64.9 Å². The zero-order chi connectivity index (χ0) is 19.1. The Balaban J connectivity index is 1.54. The smallest absolute Gasteiger partial charge is 0.279 e. The maximum Gasteiger partial charge on any atom is 0.279 e. The fraction of sp³-hybridized carbons (Fsp3) is 0.238. The number of likely N-dealkylation sites (N-methyl/N-ethyl adjacent to an activating group) is 1. The molecular weight excluding hydrogens is 358 g/mol. The van der Waals surface area contributed by atoms with Crippen LogP contribution >= 0.6 is 11.3 Å². The third kappa shape index (κ3) is 5.39. The molecule has 3 rings (SSSR count). The summed E-state index contributed by atoms with van der Waals surface area (Å²) in [6.45, 7) is 3.76. The summed E-state index contributed by atoms with van der Waals surface area (Å²) in [5.74, 6) is -0.132. The first-order valence-electron chi connectivity index (χ1n) is 9.06. The number of nitrogens with one attached hydrogen (secondary N) is 3. The number of hydrogen-bond acceptors (Lipinski definition) is 3. The summed E-state index contributed by atoms with van der Waals surface area (Å²) < 4.78 is 0. The lowest BCUT2D eigenvalue weighted by atomic mass is 10.1. The van der Waals surface area contributed by atoms with E-state index in [2.05, 4.69) is 10.6 Å². The Labute approximate surface area is 163 Å². The van der Waals surface area contributed by atoms with E-state index in [0.29, 0.717) is 13.1 Å². The van der Waals surface area contributed by atoms with Crippen LogP contribution in [0.25, 0.3) is 10.8 Å². The minimum Gasteiger partial charge on any atom is -0.346 e. The molecule has 0 aliphatic heterocycles. The van der Waals surface area contributed by atoms with Crippen molar-refractivity contribution in [1.29, 1.82) is 0 Å². The van der Waals surface area contributed by atoms with Crippen molar-refractivity contribution in [3.8, 4) is 0 Å². The van der Waals surface area contributed by atoms with Crippen molar-refractivity contribution in [1.82, 2.24) is 5.32 Å². The summed E-state index contributed by atoms with van der Waals surface area (Å²) >= 11 is 1.62. The molecule has 3 aromatic rings. The van der Waals surface area contributed by atoms with Crippen LogP contribution < -0.4 is 15.5 Å². The van der Waals surface area contributed by atoms with E-state index in [1.54, 1.807) is 11.3 Å². The van der Waals surface area contributed by atoms with E-state index < -0.39 is 0 Å². The summed E-state index contributed by atoms with van der Waals surface area (Å²) in [5, 5.41) is 9.99. The topological polar surface area (TPSA) is 62.6 Å². The van der Waals surface area contributed by atoms with E-state index in [0.717, 1.165) is 26.2 Å². The zero-order valence-corrected chi connectivity index (χ0v) is 16.1. The molecule has 1 heterocycles. The predicted octanol–water partition coefficient (Wildman–Crippen LogP) is 2.06. The Bertz CT molecular complexity index is 903. The number of quaternary nitrogens is 1. The molecule has 5 nitrogen and oxygen atoms in total. The SMILES string of the molecule is CC[NH+](CC(=O)NCc1cccs1)CC(=O)Nc1cccc2ccccc12. The molecule has 3 N–H and O–H groups in total. The molecule has 0 spiro atoms. The number of carbonyl (C=O) groups is 2. The Morgan fingerprint density at radius 2 is 1.74 bits per heavy atom. The van der Waals surface area contributed by atoms with Gasteiger partial charge < -0.3 is 15.5 Å². The van der Waals surface area contributed by atoms with Gasteiger partial charge >= 0.3 is 0 Å². The fourth-order valence-electron chi connectivity index (χ4n) is 2.96. The van der Waals surface area contributed by atoms with E-state index in [-0.39, 0.29) is 24.9 Å². The second-order valence-corrected chi connectivity index (χ2v) is 7.42. The molecule has 2 aromatic carbocycles. The maximum absolute atomic E-state index is 12.5. The first-order valence-corrected chi connectivity index (χ1v) is 9.94. The fourth-order valence-corrected chi connectivity index (χ4v) is 3.60. The van der Waals surface area contributed by atoms with E-state index in [1.807, 2.05) is 66.9 Å². The number of rotatable bonds is 8. The summed E-state index contributed by atoms with van der Waals surface area (Å²) in [5.41, 5.74) is 0.802. The number of amides is 2. The van der Waals surface area contributed by atoms with Crippen LogP contribution in [0.3, 0.4) is 0 Å². The largest absolute Gasteiger partial charge is 0.346 e. The van der Waals surface area contributed by atoms with Gasteiger partial charge in [0, 0.05) is 16.0 Å². The lowest BCUT2D eigenvalue weighted by molar-refractivity contribution is -0.881. The first-order chi connectivity index (χ1) is 13.2. The minimum absolute atomic E-state index is 0.0433. The second kappa shape index (κ2) is 9.30. The summed E-state index contributed by atoms with van der Waals surface area (Å²) in [7, 11) is 0. The van der Waals surface area contributed by atoms with E-state index in [9.17, 15) is 9.59 Å². The normalized spacial score (nSPS) is 11.9. The number of anilines is 1. The van der Waals surface area contributed by atoms with E-state index in [1.165, 1.54) is 0 Å². The molecule has 1 aromatic heterocycles. The maximum atomic E-state index is 12.5. The van der Waals surface area contributed by atoms with Crippen LogP contribution in [0.2, 0.25) is 0 Å². The molecule has 0 radical (unpaired) electrons. The molecule has 0 aliphatic rings. The lowest BCUT2D eigenvalue weighted by Crippen LogP contribution is -3.13. The van der Waals surface area contributed by atoms with Crippen molar-refractivity contribution in [2.75, 3.05) is 25.0 Å². The van der Waals surface area contributed by atoms with Crippen LogP contribution in [0.15, 0.2) is 60.0 Å². The van der Waals surface area contributed by atoms with Crippen LogP contribution in [0, 0.1) is 0 Å². The van der Waals surface area contributed by atoms with Gasteiger partial charge in [0.2, 0.25) is 0 Å². The van der Waals surface area contributed by atoms with Crippen LogP contribution in [0.4, 0.5) is 5.69 Å². The standard InChI is InChI=1S/C21H23N3O2S/c1-2-24(14-20(25)22-13-17-9-6-12-27-17)15-21(26)23-19-11-5-8-16-7-3-4-10-18(16)19/h3-12H,2,13-15H2,1H3,(H,22,25)(H,23,26)/p+1. The lowest BCUT2D eigenvalue weighted by Gasteiger charge is -2.17. The van der Waals surface area contributed by atoms with Gasteiger partial charge in [-0.05, 0) is 29.8 Å². The number of benzene rings is 2. The highest BCUT2D eigenvalue weighted by molar-refractivity contribution is 7.09. The van der Waals surface area contributed by atoms with Gasteiger partial charge in [-0.25, -0.2) is 0 Å². The molecule has 0 saturated carbocycles. The Morgan fingerprint density at radius 1 is 0.963 bits per heavy atom. The summed E-state index contributed by atoms with van der Waals surface area (Å²) in [4.78, 5) is 26.7. The number of hydrogen-bond donors (Lipinski definition) is 3. The van der Waals surface area contributed by atoms with Gasteiger partial charge in [-0.1, -0.05) is 42.5 Å². The van der Waals surface area contributed by atoms with Crippen LogP contribution in [0.1, 0.15) is 11.8 Å². The molecule has 2 amide bonds. The highest BCUT2D eigenvalue weighted by Gasteiger charge is 2.17. The van der Waals surface area contributed by atoms with Crippen molar-refractivity contribution >= 4 is 39.6 Å².